The van der Waals surface area contributed by atoms with Crippen LogP contribution in [0.3, 0.4) is 0 Å². The molecule has 8 heteroatoms. The zero-order valence-electron chi connectivity index (χ0n) is 9.03. The Balaban J connectivity index is 2.53. The molecule has 100 valence electrons. The molecule has 1 heterocycles. The zero-order chi connectivity index (χ0) is 14.2. The third-order valence-electron chi connectivity index (χ3n) is 2.34. The van der Waals surface area contributed by atoms with Gasteiger partial charge in [0, 0.05) is 0 Å². The van der Waals surface area contributed by atoms with Crippen LogP contribution in [-0.4, -0.2) is 16.2 Å². The second-order valence-corrected chi connectivity index (χ2v) is 3.57. The number of alkyl halides is 3. The number of aromatic nitrogens is 1. The van der Waals surface area contributed by atoms with Gasteiger partial charge in [-0.15, -0.1) is 0 Å². The molecule has 0 amide bonds. The van der Waals surface area contributed by atoms with E-state index in [4.69, 9.17) is 5.11 Å². The first-order valence-corrected chi connectivity index (χ1v) is 4.86. The summed E-state index contributed by atoms with van der Waals surface area (Å²) in [5, 5.41) is 12.0. The molecule has 1 N–H and O–H groups in total. The summed E-state index contributed by atoms with van der Waals surface area (Å²) in [6.07, 6.45) is -3.84. The minimum absolute atomic E-state index is 0.267. The first kappa shape index (κ1) is 13.1. The van der Waals surface area contributed by atoms with Crippen LogP contribution in [0.15, 0.2) is 28.9 Å². The van der Waals surface area contributed by atoms with Gasteiger partial charge in [-0.3, -0.25) is 0 Å². The van der Waals surface area contributed by atoms with Crippen LogP contribution in [0.5, 0.6) is 0 Å². The number of halogens is 4. The number of rotatable bonds is 2. The number of aromatic carboxylic acids is 1. The van der Waals surface area contributed by atoms with Gasteiger partial charge in [-0.25, -0.2) is 9.18 Å². The molecule has 0 unspecified atom stereocenters. The predicted octanol–water partition coefficient (Wildman–Crippen LogP) is 3.20. The lowest BCUT2D eigenvalue weighted by Crippen LogP contribution is -2.05. The number of carboxylic acids is 1. The maximum atomic E-state index is 13.6. The number of carboxylic acid groups (broad SMARTS) is 1. The highest BCUT2D eigenvalue weighted by molar-refractivity contribution is 5.93. The van der Waals surface area contributed by atoms with E-state index in [-0.39, 0.29) is 6.07 Å². The van der Waals surface area contributed by atoms with E-state index in [2.05, 4.69) is 9.68 Å². The van der Waals surface area contributed by atoms with Crippen molar-refractivity contribution >= 4 is 5.97 Å². The third-order valence-corrected chi connectivity index (χ3v) is 2.34. The minimum Gasteiger partial charge on any atom is -0.477 e. The molecule has 0 aliphatic carbocycles. The Hall–Kier alpha value is -2.38. The summed E-state index contributed by atoms with van der Waals surface area (Å²) in [6.45, 7) is 0. The molecule has 1 aromatic carbocycles. The van der Waals surface area contributed by atoms with E-state index in [1.54, 1.807) is 0 Å². The molecule has 0 atom stereocenters. The van der Waals surface area contributed by atoms with Crippen molar-refractivity contribution in [2.24, 2.45) is 0 Å². The highest BCUT2D eigenvalue weighted by Gasteiger charge is 2.32. The quantitative estimate of drug-likeness (QED) is 0.855. The summed E-state index contributed by atoms with van der Waals surface area (Å²) in [5.41, 5.74) is -2.01. The van der Waals surface area contributed by atoms with Crippen LogP contribution in [0.1, 0.15) is 15.9 Å². The molecule has 19 heavy (non-hydrogen) atoms. The molecule has 2 aromatic rings. The molecule has 0 spiro atoms. The Morgan fingerprint density at radius 3 is 2.53 bits per heavy atom. The average molecular weight is 275 g/mol. The normalized spacial score (nSPS) is 11.6. The van der Waals surface area contributed by atoms with Crippen molar-refractivity contribution in [3.05, 3.63) is 41.3 Å². The molecule has 0 radical (unpaired) electrons. The van der Waals surface area contributed by atoms with Gasteiger partial charge in [0.15, 0.2) is 5.76 Å². The number of hydrogen-bond donors (Lipinski definition) is 1. The number of benzene rings is 1. The topological polar surface area (TPSA) is 63.3 Å². The van der Waals surface area contributed by atoms with E-state index in [1.165, 1.54) is 0 Å². The van der Waals surface area contributed by atoms with Gasteiger partial charge in [-0.1, -0.05) is 5.16 Å². The fourth-order valence-electron chi connectivity index (χ4n) is 1.46. The van der Waals surface area contributed by atoms with Crippen molar-refractivity contribution in [1.82, 2.24) is 5.16 Å². The summed E-state index contributed by atoms with van der Waals surface area (Å²) < 4.78 is 55.2. The third kappa shape index (κ3) is 2.42. The van der Waals surface area contributed by atoms with Crippen molar-refractivity contribution in [2.45, 2.75) is 6.18 Å². The van der Waals surface area contributed by atoms with Gasteiger partial charge in [-0.2, -0.15) is 13.2 Å². The summed E-state index contributed by atoms with van der Waals surface area (Å²) in [4.78, 5) is 10.8. The Bertz CT molecular complexity index is 633. The van der Waals surface area contributed by atoms with Crippen molar-refractivity contribution in [2.75, 3.05) is 0 Å². The summed E-state index contributed by atoms with van der Waals surface area (Å²) in [7, 11) is 0. The summed E-state index contributed by atoms with van der Waals surface area (Å²) >= 11 is 0. The van der Waals surface area contributed by atoms with E-state index in [0.717, 1.165) is 12.3 Å². The standard InChI is InChI=1S/C11H5F4NO3/c12-8-3-5(11(13,14)15)1-2-6(8)9-7(10(17)18)4-16-19-9/h1-4H,(H,17,18). The van der Waals surface area contributed by atoms with Gasteiger partial charge in [0.05, 0.1) is 17.3 Å². The lowest BCUT2D eigenvalue weighted by Gasteiger charge is -2.08. The van der Waals surface area contributed by atoms with Crippen molar-refractivity contribution < 1.29 is 32.0 Å². The molecular weight excluding hydrogens is 270 g/mol. The van der Waals surface area contributed by atoms with Crippen LogP contribution >= 0.6 is 0 Å². The molecule has 2 rings (SSSR count). The lowest BCUT2D eigenvalue weighted by molar-refractivity contribution is -0.137. The number of carbonyl (C=O) groups is 1. The van der Waals surface area contributed by atoms with Crippen LogP contribution in [-0.2, 0) is 6.18 Å². The molecular formula is C11H5F4NO3. The molecule has 0 saturated carbocycles. The first-order valence-electron chi connectivity index (χ1n) is 4.86. The Kier molecular flexibility index (Phi) is 3.01. The van der Waals surface area contributed by atoms with Gasteiger partial charge >= 0.3 is 12.1 Å². The van der Waals surface area contributed by atoms with E-state index < -0.39 is 40.4 Å². The number of nitrogens with zero attached hydrogens (tertiary/aromatic N) is 1. The van der Waals surface area contributed by atoms with Crippen LogP contribution in [0.4, 0.5) is 17.6 Å². The number of hydrogen-bond acceptors (Lipinski definition) is 3. The van der Waals surface area contributed by atoms with Gasteiger partial charge in [-0.05, 0) is 18.2 Å². The molecule has 0 aliphatic heterocycles. The largest absolute Gasteiger partial charge is 0.477 e. The summed E-state index contributed by atoms with van der Waals surface area (Å²) in [6, 6.07) is 1.70. The molecule has 1 aromatic heterocycles. The van der Waals surface area contributed by atoms with E-state index in [0.29, 0.717) is 6.07 Å². The Morgan fingerprint density at radius 1 is 1.32 bits per heavy atom. The second kappa shape index (κ2) is 4.38. The Morgan fingerprint density at radius 2 is 2.00 bits per heavy atom. The molecule has 0 aliphatic rings. The fraction of sp³-hybridized carbons (Fsp3) is 0.0909. The van der Waals surface area contributed by atoms with Gasteiger partial charge < -0.3 is 9.63 Å². The van der Waals surface area contributed by atoms with Crippen LogP contribution in [0.25, 0.3) is 11.3 Å². The van der Waals surface area contributed by atoms with Crippen molar-refractivity contribution in [3.63, 3.8) is 0 Å². The zero-order valence-corrected chi connectivity index (χ0v) is 9.03. The maximum absolute atomic E-state index is 13.6. The highest BCUT2D eigenvalue weighted by atomic mass is 19.4. The first-order chi connectivity index (χ1) is 8.80. The van der Waals surface area contributed by atoms with E-state index in [9.17, 15) is 22.4 Å². The molecule has 0 fully saturated rings. The van der Waals surface area contributed by atoms with Gasteiger partial charge in [0.1, 0.15) is 11.4 Å². The van der Waals surface area contributed by atoms with Crippen molar-refractivity contribution in [1.29, 1.82) is 0 Å². The highest BCUT2D eigenvalue weighted by Crippen LogP contribution is 2.33. The van der Waals surface area contributed by atoms with Crippen LogP contribution in [0, 0.1) is 5.82 Å². The van der Waals surface area contributed by atoms with Crippen LogP contribution < -0.4 is 0 Å². The monoisotopic (exact) mass is 275 g/mol. The summed E-state index contributed by atoms with van der Waals surface area (Å²) in [5.74, 6) is -3.09. The smallest absolute Gasteiger partial charge is 0.416 e. The minimum atomic E-state index is -4.68. The van der Waals surface area contributed by atoms with Gasteiger partial charge in [0.2, 0.25) is 0 Å². The fourth-order valence-corrected chi connectivity index (χ4v) is 1.46. The molecule has 0 bridgehead atoms. The predicted molar refractivity (Wildman–Crippen MR) is 53.9 cm³/mol. The maximum Gasteiger partial charge on any atom is 0.416 e. The van der Waals surface area contributed by atoms with Crippen molar-refractivity contribution in [3.8, 4) is 11.3 Å². The lowest BCUT2D eigenvalue weighted by atomic mass is 10.1. The van der Waals surface area contributed by atoms with E-state index in [1.807, 2.05) is 0 Å². The van der Waals surface area contributed by atoms with E-state index >= 15 is 0 Å². The van der Waals surface area contributed by atoms with Gasteiger partial charge in [0.25, 0.3) is 0 Å². The Labute approximate surface area is 103 Å². The SMILES string of the molecule is O=C(O)c1cnoc1-c1ccc(C(F)(F)F)cc1F. The molecule has 0 saturated heterocycles. The second-order valence-electron chi connectivity index (χ2n) is 3.57. The van der Waals surface area contributed by atoms with Crippen LogP contribution in [0.2, 0.25) is 0 Å². The average Bonchev–Trinajstić information content (AvgIpc) is 2.76. The molecule has 4 nitrogen and oxygen atoms in total.